The summed E-state index contributed by atoms with van der Waals surface area (Å²) in [6.07, 6.45) is 1.07. The summed E-state index contributed by atoms with van der Waals surface area (Å²) in [7, 11) is 0. The maximum absolute atomic E-state index is 13.8. The number of nitrogens with one attached hydrogen (secondary N) is 1. The van der Waals surface area contributed by atoms with E-state index in [1.807, 2.05) is 26.8 Å². The average molecular weight is 283 g/mol. The highest BCUT2D eigenvalue weighted by atomic mass is 19.1. The van der Waals surface area contributed by atoms with Gasteiger partial charge in [0.2, 0.25) is 0 Å². The summed E-state index contributed by atoms with van der Waals surface area (Å²) in [4.78, 5) is 0. The van der Waals surface area contributed by atoms with Crippen LogP contribution in [0.1, 0.15) is 39.7 Å². The Morgan fingerprint density at radius 1 is 1.20 bits per heavy atom. The number of benzene rings is 1. The number of hydrogen-bond donors (Lipinski definition) is 1. The van der Waals surface area contributed by atoms with Gasteiger partial charge in [0.05, 0.1) is 12.2 Å². The Morgan fingerprint density at radius 2 is 1.95 bits per heavy atom. The molecule has 0 spiro atoms. The number of halogens is 1. The molecule has 20 heavy (non-hydrogen) atoms. The molecular weight excluding hydrogens is 257 g/mol. The first-order chi connectivity index (χ1) is 9.42. The third-order valence-corrected chi connectivity index (χ3v) is 2.63. The fourth-order valence-corrected chi connectivity index (χ4v) is 1.68. The van der Waals surface area contributed by atoms with E-state index in [1.165, 1.54) is 6.07 Å². The molecule has 0 saturated carbocycles. The van der Waals surface area contributed by atoms with E-state index in [9.17, 15) is 4.39 Å². The molecule has 0 aliphatic carbocycles. The first-order valence-corrected chi connectivity index (χ1v) is 7.18. The molecular formula is C16H26FNO2. The zero-order valence-electron chi connectivity index (χ0n) is 13.0. The van der Waals surface area contributed by atoms with Crippen molar-refractivity contribution in [2.24, 2.45) is 0 Å². The van der Waals surface area contributed by atoms with E-state index in [1.54, 1.807) is 6.07 Å². The highest BCUT2D eigenvalue weighted by Crippen LogP contribution is 2.18. The predicted molar refractivity (Wildman–Crippen MR) is 79.6 cm³/mol. The van der Waals surface area contributed by atoms with Crippen LogP contribution in [-0.4, -0.2) is 25.4 Å². The summed E-state index contributed by atoms with van der Waals surface area (Å²) in [6, 6.07) is 5.07. The lowest BCUT2D eigenvalue weighted by molar-refractivity contribution is -0.0166. The van der Waals surface area contributed by atoms with Crippen LogP contribution in [0.25, 0.3) is 0 Å². The maximum atomic E-state index is 13.8. The Bertz CT molecular complexity index is 402. The van der Waals surface area contributed by atoms with Gasteiger partial charge < -0.3 is 14.8 Å². The van der Waals surface area contributed by atoms with Gasteiger partial charge in [0, 0.05) is 6.54 Å². The van der Waals surface area contributed by atoms with Crippen LogP contribution in [0.4, 0.5) is 4.39 Å². The molecule has 0 heterocycles. The lowest BCUT2D eigenvalue weighted by Gasteiger charge is -2.19. The first kappa shape index (κ1) is 16.9. The Kier molecular flexibility index (Phi) is 6.96. The van der Waals surface area contributed by atoms with Crippen molar-refractivity contribution in [3.05, 3.63) is 29.6 Å². The molecule has 0 radical (unpaired) electrons. The molecule has 0 aromatic heterocycles. The van der Waals surface area contributed by atoms with Crippen molar-refractivity contribution in [2.75, 3.05) is 19.8 Å². The molecule has 1 aromatic carbocycles. The molecule has 1 aromatic rings. The molecule has 0 aliphatic rings. The smallest absolute Gasteiger partial charge is 0.165 e. The summed E-state index contributed by atoms with van der Waals surface area (Å²) in [5, 5.41) is 3.24. The lowest BCUT2D eigenvalue weighted by Crippen LogP contribution is -2.22. The molecule has 0 bridgehead atoms. The Labute approximate surface area is 121 Å². The highest BCUT2D eigenvalue weighted by Gasteiger charge is 2.10. The van der Waals surface area contributed by atoms with E-state index >= 15 is 0 Å². The summed E-state index contributed by atoms with van der Waals surface area (Å²) in [6.45, 7) is 10.4. The fraction of sp³-hybridized carbons (Fsp3) is 0.625. The molecule has 1 N–H and O–H groups in total. The molecule has 0 aliphatic heterocycles. The van der Waals surface area contributed by atoms with Crippen LogP contribution >= 0.6 is 0 Å². The van der Waals surface area contributed by atoms with Crippen molar-refractivity contribution in [1.29, 1.82) is 0 Å². The third-order valence-electron chi connectivity index (χ3n) is 2.63. The van der Waals surface area contributed by atoms with Gasteiger partial charge in [-0.25, -0.2) is 4.39 Å². The second-order valence-electron chi connectivity index (χ2n) is 5.75. The summed E-state index contributed by atoms with van der Waals surface area (Å²) < 4.78 is 24.7. The normalized spacial score (nSPS) is 11.7. The second kappa shape index (κ2) is 8.22. The molecule has 1 rings (SSSR count). The van der Waals surface area contributed by atoms with E-state index in [0.29, 0.717) is 19.8 Å². The fourth-order valence-electron chi connectivity index (χ4n) is 1.68. The van der Waals surface area contributed by atoms with Gasteiger partial charge in [0.15, 0.2) is 11.6 Å². The lowest BCUT2D eigenvalue weighted by atomic mass is 10.2. The zero-order valence-corrected chi connectivity index (χ0v) is 13.0. The van der Waals surface area contributed by atoms with E-state index in [0.717, 1.165) is 18.5 Å². The van der Waals surface area contributed by atoms with Gasteiger partial charge in [-0.05, 0) is 51.4 Å². The van der Waals surface area contributed by atoms with Crippen LogP contribution in [0.3, 0.4) is 0 Å². The zero-order chi connectivity index (χ0) is 15.0. The van der Waals surface area contributed by atoms with Gasteiger partial charge in [0.25, 0.3) is 0 Å². The predicted octanol–water partition coefficient (Wildman–Crippen LogP) is 3.52. The van der Waals surface area contributed by atoms with Gasteiger partial charge in [-0.15, -0.1) is 0 Å². The number of ether oxygens (including phenoxy) is 2. The molecule has 0 saturated heterocycles. The molecule has 0 amide bonds. The molecule has 4 heteroatoms. The number of hydrogen-bond acceptors (Lipinski definition) is 3. The van der Waals surface area contributed by atoms with E-state index < -0.39 is 0 Å². The van der Waals surface area contributed by atoms with Crippen molar-refractivity contribution in [1.82, 2.24) is 5.32 Å². The van der Waals surface area contributed by atoms with Crippen LogP contribution in [0.5, 0.6) is 5.75 Å². The van der Waals surface area contributed by atoms with Crippen molar-refractivity contribution in [3.8, 4) is 5.75 Å². The van der Waals surface area contributed by atoms with Crippen LogP contribution in [0.15, 0.2) is 18.2 Å². The largest absolute Gasteiger partial charge is 0.488 e. The number of rotatable bonds is 8. The summed E-state index contributed by atoms with van der Waals surface area (Å²) in [5.41, 5.74) is 0.728. The maximum Gasteiger partial charge on any atom is 0.165 e. The minimum Gasteiger partial charge on any atom is -0.488 e. The van der Waals surface area contributed by atoms with E-state index in [2.05, 4.69) is 12.2 Å². The van der Waals surface area contributed by atoms with Gasteiger partial charge in [-0.1, -0.05) is 13.0 Å². The van der Waals surface area contributed by atoms with Crippen LogP contribution in [-0.2, 0) is 11.3 Å². The van der Waals surface area contributed by atoms with Gasteiger partial charge >= 0.3 is 0 Å². The van der Waals surface area contributed by atoms with Crippen LogP contribution < -0.4 is 10.1 Å². The molecule has 3 nitrogen and oxygen atoms in total. The Morgan fingerprint density at radius 3 is 2.55 bits per heavy atom. The summed E-state index contributed by atoms with van der Waals surface area (Å²) in [5.74, 6) is -0.0432. The van der Waals surface area contributed by atoms with Crippen molar-refractivity contribution < 1.29 is 13.9 Å². The van der Waals surface area contributed by atoms with E-state index in [-0.39, 0.29) is 17.2 Å². The van der Waals surface area contributed by atoms with E-state index in [4.69, 9.17) is 9.47 Å². The second-order valence-corrected chi connectivity index (χ2v) is 5.75. The molecule has 0 unspecified atom stereocenters. The molecule has 0 fully saturated rings. The Balaban J connectivity index is 2.39. The minimum absolute atomic E-state index is 0.198. The van der Waals surface area contributed by atoms with Crippen molar-refractivity contribution in [3.63, 3.8) is 0 Å². The monoisotopic (exact) mass is 283 g/mol. The van der Waals surface area contributed by atoms with Gasteiger partial charge in [0.1, 0.15) is 6.61 Å². The SMILES string of the molecule is CCCNCc1ccc(OCCOC(C)(C)C)c(F)c1. The third kappa shape index (κ3) is 6.87. The summed E-state index contributed by atoms with van der Waals surface area (Å²) >= 11 is 0. The standard InChI is InChI=1S/C16H26FNO2/c1-5-8-18-12-13-6-7-15(14(17)11-13)19-9-10-20-16(2,3)4/h6-7,11,18H,5,8-10,12H2,1-4H3. The quantitative estimate of drug-likeness (QED) is 0.740. The highest BCUT2D eigenvalue weighted by molar-refractivity contribution is 5.29. The van der Waals surface area contributed by atoms with Gasteiger partial charge in [-0.3, -0.25) is 0 Å². The van der Waals surface area contributed by atoms with Crippen molar-refractivity contribution in [2.45, 2.75) is 46.3 Å². The van der Waals surface area contributed by atoms with Crippen LogP contribution in [0.2, 0.25) is 0 Å². The molecule has 114 valence electrons. The van der Waals surface area contributed by atoms with Gasteiger partial charge in [-0.2, -0.15) is 0 Å². The Hall–Kier alpha value is -1.13. The average Bonchev–Trinajstić information content (AvgIpc) is 2.36. The topological polar surface area (TPSA) is 30.5 Å². The first-order valence-electron chi connectivity index (χ1n) is 7.18. The van der Waals surface area contributed by atoms with Crippen LogP contribution in [0, 0.1) is 5.82 Å². The minimum atomic E-state index is -0.323. The molecule has 0 atom stereocenters. The van der Waals surface area contributed by atoms with Crippen molar-refractivity contribution >= 4 is 0 Å².